The van der Waals surface area contributed by atoms with E-state index >= 15 is 0 Å². The fourth-order valence-electron chi connectivity index (χ4n) is 3.45. The van der Waals surface area contributed by atoms with E-state index in [1.54, 1.807) is 0 Å². The van der Waals surface area contributed by atoms with Crippen molar-refractivity contribution < 1.29 is 15.0 Å². The van der Waals surface area contributed by atoms with E-state index in [2.05, 4.69) is 22.1 Å². The van der Waals surface area contributed by atoms with Gasteiger partial charge in [0, 0.05) is 26.2 Å². The quantitative estimate of drug-likeness (QED) is 0.490. The Morgan fingerprint density at radius 1 is 1.39 bits per heavy atom. The van der Waals surface area contributed by atoms with Gasteiger partial charge in [0.25, 0.3) is 0 Å². The molecule has 4 N–H and O–H groups in total. The maximum atomic E-state index is 12.2. The van der Waals surface area contributed by atoms with E-state index in [1.807, 2.05) is 6.08 Å². The fourth-order valence-corrected chi connectivity index (χ4v) is 3.45. The van der Waals surface area contributed by atoms with Crippen LogP contribution in [0.3, 0.4) is 0 Å². The van der Waals surface area contributed by atoms with Crippen molar-refractivity contribution in [1.29, 1.82) is 0 Å². The molecule has 6 heteroatoms. The summed E-state index contributed by atoms with van der Waals surface area (Å²) < 4.78 is 0. The highest BCUT2D eigenvalue weighted by Gasteiger charge is 2.26. The number of aliphatic hydroxyl groups excluding tert-OH is 2. The summed E-state index contributed by atoms with van der Waals surface area (Å²) in [4.78, 5) is 14.4. The fraction of sp³-hybridized carbons (Fsp3) is 0.824. The highest BCUT2D eigenvalue weighted by Crippen LogP contribution is 2.20. The van der Waals surface area contributed by atoms with Gasteiger partial charge in [0.05, 0.1) is 18.2 Å². The zero-order valence-corrected chi connectivity index (χ0v) is 13.9. The standard InChI is InChI=1S/C17H31N3O3/c1-2-3-13-4-7-18-16(10-13)17(23)19-11-15(22)12-20-8-5-14(21)6-9-20/h2,13-16,18,21-22H,1,3-12H2,(H,19,23)/t13-,15-,16+/m1/s1. The van der Waals surface area contributed by atoms with Crippen LogP contribution in [-0.4, -0.2) is 72.0 Å². The predicted molar refractivity (Wildman–Crippen MR) is 90.0 cm³/mol. The van der Waals surface area contributed by atoms with E-state index in [1.165, 1.54) is 0 Å². The van der Waals surface area contributed by atoms with Gasteiger partial charge in [-0.25, -0.2) is 0 Å². The van der Waals surface area contributed by atoms with Crippen molar-refractivity contribution in [1.82, 2.24) is 15.5 Å². The molecule has 0 spiro atoms. The largest absolute Gasteiger partial charge is 0.393 e. The second-order valence-corrected chi connectivity index (χ2v) is 6.85. The summed E-state index contributed by atoms with van der Waals surface area (Å²) >= 11 is 0. The summed E-state index contributed by atoms with van der Waals surface area (Å²) in [6.45, 7) is 7.06. The molecule has 0 bridgehead atoms. The van der Waals surface area contributed by atoms with Crippen LogP contribution in [0.25, 0.3) is 0 Å². The molecular formula is C17H31N3O3. The molecule has 0 aromatic heterocycles. The van der Waals surface area contributed by atoms with Gasteiger partial charge in [0.1, 0.15) is 0 Å². The van der Waals surface area contributed by atoms with Gasteiger partial charge in [-0.2, -0.15) is 0 Å². The number of rotatable bonds is 7. The van der Waals surface area contributed by atoms with E-state index in [0.717, 1.165) is 51.7 Å². The first-order valence-corrected chi connectivity index (χ1v) is 8.79. The Labute approximate surface area is 138 Å². The second kappa shape index (κ2) is 9.37. The smallest absolute Gasteiger partial charge is 0.237 e. The number of hydrogen-bond donors (Lipinski definition) is 4. The number of β-amino-alcohol motifs (C(OH)–C–C–N with tert-alkyl or cyclic N) is 1. The minimum atomic E-state index is -0.568. The summed E-state index contributed by atoms with van der Waals surface area (Å²) in [6, 6.07) is -0.161. The molecule has 1 amide bonds. The lowest BCUT2D eigenvalue weighted by Crippen LogP contribution is -2.51. The average Bonchev–Trinajstić information content (AvgIpc) is 2.55. The maximum Gasteiger partial charge on any atom is 0.237 e. The normalized spacial score (nSPS) is 28.3. The van der Waals surface area contributed by atoms with Gasteiger partial charge < -0.3 is 25.7 Å². The number of piperidine rings is 2. The van der Waals surface area contributed by atoms with E-state index in [0.29, 0.717) is 12.5 Å². The first kappa shape index (κ1) is 18.4. The summed E-state index contributed by atoms with van der Waals surface area (Å²) in [5, 5.41) is 25.7. The number of carbonyl (C=O) groups is 1. The summed E-state index contributed by atoms with van der Waals surface area (Å²) in [5.41, 5.74) is 0. The lowest BCUT2D eigenvalue weighted by Gasteiger charge is -2.31. The van der Waals surface area contributed by atoms with Crippen LogP contribution in [-0.2, 0) is 4.79 Å². The van der Waals surface area contributed by atoms with Gasteiger partial charge in [-0.05, 0) is 44.6 Å². The van der Waals surface area contributed by atoms with Gasteiger partial charge >= 0.3 is 0 Å². The number of allylic oxidation sites excluding steroid dienone is 1. The molecule has 0 saturated carbocycles. The SMILES string of the molecule is C=CC[C@@H]1CCN[C@H](C(=O)NC[C@@H](O)CN2CCC(O)CC2)C1. The summed E-state index contributed by atoms with van der Waals surface area (Å²) in [7, 11) is 0. The van der Waals surface area contributed by atoms with Crippen molar-refractivity contribution in [2.24, 2.45) is 5.92 Å². The van der Waals surface area contributed by atoms with Gasteiger partial charge in [-0.3, -0.25) is 4.79 Å². The van der Waals surface area contributed by atoms with E-state index < -0.39 is 6.10 Å². The lowest BCUT2D eigenvalue weighted by atomic mass is 9.89. The average molecular weight is 325 g/mol. The molecule has 0 aromatic rings. The van der Waals surface area contributed by atoms with Crippen molar-refractivity contribution in [3.8, 4) is 0 Å². The summed E-state index contributed by atoms with van der Waals surface area (Å²) in [5.74, 6) is 0.501. The van der Waals surface area contributed by atoms with Crippen LogP contribution in [0.1, 0.15) is 32.1 Å². The van der Waals surface area contributed by atoms with E-state index in [9.17, 15) is 15.0 Å². The Morgan fingerprint density at radius 2 is 2.13 bits per heavy atom. The third kappa shape index (κ3) is 6.22. The third-order valence-electron chi connectivity index (χ3n) is 4.87. The molecule has 2 fully saturated rings. The number of aliphatic hydroxyl groups is 2. The van der Waals surface area contributed by atoms with Crippen LogP contribution < -0.4 is 10.6 Å². The van der Waals surface area contributed by atoms with Gasteiger partial charge in [-0.15, -0.1) is 6.58 Å². The van der Waals surface area contributed by atoms with Crippen LogP contribution >= 0.6 is 0 Å². The minimum absolute atomic E-state index is 0.0214. The second-order valence-electron chi connectivity index (χ2n) is 6.85. The van der Waals surface area contributed by atoms with E-state index in [-0.39, 0.29) is 24.6 Å². The molecule has 23 heavy (non-hydrogen) atoms. The molecule has 2 aliphatic heterocycles. The van der Waals surface area contributed by atoms with Gasteiger partial charge in [-0.1, -0.05) is 6.08 Å². The third-order valence-corrected chi connectivity index (χ3v) is 4.87. The van der Waals surface area contributed by atoms with Crippen molar-refractivity contribution in [3.05, 3.63) is 12.7 Å². The highest BCUT2D eigenvalue weighted by molar-refractivity contribution is 5.81. The van der Waals surface area contributed by atoms with Crippen molar-refractivity contribution in [2.75, 3.05) is 32.7 Å². The summed E-state index contributed by atoms with van der Waals surface area (Å²) in [6.07, 6.45) is 5.53. The monoisotopic (exact) mass is 325 g/mol. The molecule has 132 valence electrons. The number of carbonyl (C=O) groups excluding carboxylic acids is 1. The Kier molecular flexibility index (Phi) is 7.49. The van der Waals surface area contributed by atoms with Gasteiger partial charge in [0.2, 0.25) is 5.91 Å². The zero-order chi connectivity index (χ0) is 16.7. The predicted octanol–water partition coefficient (Wildman–Crippen LogP) is -0.135. The molecule has 2 heterocycles. The number of hydrogen-bond acceptors (Lipinski definition) is 5. The first-order valence-electron chi connectivity index (χ1n) is 8.79. The maximum absolute atomic E-state index is 12.2. The molecule has 0 aliphatic carbocycles. The molecule has 3 atom stereocenters. The van der Waals surface area contributed by atoms with Crippen LogP contribution in [0.4, 0.5) is 0 Å². The number of nitrogens with one attached hydrogen (secondary N) is 2. The van der Waals surface area contributed by atoms with Crippen molar-refractivity contribution in [2.45, 2.75) is 50.4 Å². The molecule has 0 unspecified atom stereocenters. The molecule has 2 saturated heterocycles. The van der Waals surface area contributed by atoms with Crippen molar-refractivity contribution in [3.63, 3.8) is 0 Å². The zero-order valence-electron chi connectivity index (χ0n) is 13.9. The minimum Gasteiger partial charge on any atom is -0.393 e. The molecular weight excluding hydrogens is 294 g/mol. The lowest BCUT2D eigenvalue weighted by molar-refractivity contribution is -0.124. The molecule has 6 nitrogen and oxygen atoms in total. The van der Waals surface area contributed by atoms with Gasteiger partial charge in [0.15, 0.2) is 0 Å². The Hall–Kier alpha value is -0.950. The Bertz CT molecular complexity index is 383. The van der Waals surface area contributed by atoms with Crippen LogP contribution in [0.15, 0.2) is 12.7 Å². The van der Waals surface area contributed by atoms with Crippen molar-refractivity contribution >= 4 is 5.91 Å². The Morgan fingerprint density at radius 3 is 2.83 bits per heavy atom. The Balaban J connectivity index is 1.66. The molecule has 2 aliphatic rings. The molecule has 0 aromatic carbocycles. The van der Waals surface area contributed by atoms with Crippen LogP contribution in [0, 0.1) is 5.92 Å². The molecule has 0 radical (unpaired) electrons. The highest BCUT2D eigenvalue weighted by atomic mass is 16.3. The van der Waals surface area contributed by atoms with Crippen LogP contribution in [0.2, 0.25) is 0 Å². The van der Waals surface area contributed by atoms with E-state index in [4.69, 9.17) is 0 Å². The molecule has 2 rings (SSSR count). The van der Waals surface area contributed by atoms with Crippen LogP contribution in [0.5, 0.6) is 0 Å². The number of amides is 1. The topological polar surface area (TPSA) is 84.8 Å². The number of nitrogens with zero attached hydrogens (tertiary/aromatic N) is 1. The number of likely N-dealkylation sites (tertiary alicyclic amines) is 1. The first-order chi connectivity index (χ1) is 11.1.